The molecule has 6 heteroatoms. The summed E-state index contributed by atoms with van der Waals surface area (Å²) in [5.41, 5.74) is -0.301. The maximum atomic E-state index is 5.36. The summed E-state index contributed by atoms with van der Waals surface area (Å²) in [6, 6.07) is 0. The lowest BCUT2D eigenvalue weighted by atomic mass is 9.81. The summed E-state index contributed by atoms with van der Waals surface area (Å²) in [7, 11) is 0. The smallest absolute Gasteiger partial charge is 0.113 e. The standard InChI is InChI=1S/C9H18O3S3/c13-4-1-8-7-10-12-11-9(8,2-5-14)3-6-15/h8,13-15H,1-7H2. The van der Waals surface area contributed by atoms with E-state index in [9.17, 15) is 0 Å². The van der Waals surface area contributed by atoms with Gasteiger partial charge in [0.15, 0.2) is 0 Å². The molecule has 0 aromatic heterocycles. The average molecular weight is 270 g/mol. The maximum absolute atomic E-state index is 5.36. The lowest BCUT2D eigenvalue weighted by molar-refractivity contribution is -0.580. The predicted molar refractivity (Wildman–Crippen MR) is 69.8 cm³/mol. The Labute approximate surface area is 107 Å². The summed E-state index contributed by atoms with van der Waals surface area (Å²) in [6.45, 7) is 0.558. The zero-order valence-electron chi connectivity index (χ0n) is 8.59. The molecule has 0 aliphatic carbocycles. The number of hydrogen-bond acceptors (Lipinski definition) is 6. The SMILES string of the molecule is SCCC1COOOC1(CCS)CCS. The molecule has 0 aromatic carbocycles. The molecule has 1 aliphatic rings. The molecule has 1 saturated heterocycles. The quantitative estimate of drug-likeness (QED) is 0.510. The van der Waals surface area contributed by atoms with Crippen LogP contribution in [0.15, 0.2) is 0 Å². The fourth-order valence-electron chi connectivity index (χ4n) is 1.92. The Morgan fingerprint density at radius 2 is 1.73 bits per heavy atom. The minimum Gasteiger partial charge on any atom is -0.206 e. The largest absolute Gasteiger partial charge is 0.206 e. The van der Waals surface area contributed by atoms with E-state index in [1.54, 1.807) is 0 Å². The minimum absolute atomic E-state index is 0.301. The van der Waals surface area contributed by atoms with E-state index in [2.05, 4.69) is 42.9 Å². The van der Waals surface area contributed by atoms with Crippen LogP contribution in [0.1, 0.15) is 19.3 Å². The second kappa shape index (κ2) is 7.29. The van der Waals surface area contributed by atoms with Crippen molar-refractivity contribution < 1.29 is 14.8 Å². The monoisotopic (exact) mass is 270 g/mol. The molecule has 1 fully saturated rings. The van der Waals surface area contributed by atoms with Gasteiger partial charge in [-0.15, -0.1) is 0 Å². The molecule has 1 unspecified atom stereocenters. The second-order valence-electron chi connectivity index (χ2n) is 3.66. The van der Waals surface area contributed by atoms with Gasteiger partial charge in [0.2, 0.25) is 0 Å². The van der Waals surface area contributed by atoms with Crippen LogP contribution in [0.3, 0.4) is 0 Å². The molecule has 1 atom stereocenters. The third-order valence-corrected chi connectivity index (χ3v) is 3.51. The lowest BCUT2D eigenvalue weighted by Crippen LogP contribution is -2.47. The molecule has 0 N–H and O–H groups in total. The van der Waals surface area contributed by atoms with Gasteiger partial charge in [-0.2, -0.15) is 42.8 Å². The number of hydrogen-bond donors (Lipinski definition) is 3. The Hall–Kier alpha value is 0.930. The molecule has 1 heterocycles. The van der Waals surface area contributed by atoms with Crippen LogP contribution in [0.25, 0.3) is 0 Å². The normalized spacial score (nSPS) is 25.4. The van der Waals surface area contributed by atoms with Crippen molar-refractivity contribution in [3.05, 3.63) is 0 Å². The summed E-state index contributed by atoms with van der Waals surface area (Å²) >= 11 is 12.8. The van der Waals surface area contributed by atoms with Crippen LogP contribution in [0.2, 0.25) is 0 Å². The highest BCUT2D eigenvalue weighted by Crippen LogP contribution is 2.36. The van der Waals surface area contributed by atoms with Crippen LogP contribution in [-0.2, 0) is 14.8 Å². The summed E-state index contributed by atoms with van der Waals surface area (Å²) in [5.74, 6) is 2.65. The lowest BCUT2D eigenvalue weighted by Gasteiger charge is -2.41. The third-order valence-electron chi connectivity index (χ3n) is 2.81. The van der Waals surface area contributed by atoms with Crippen molar-refractivity contribution >= 4 is 37.9 Å². The molecule has 3 nitrogen and oxygen atoms in total. The zero-order chi connectivity index (χ0) is 11.1. The molecule has 0 aromatic rings. The first kappa shape index (κ1) is 14.0. The average Bonchev–Trinajstić information content (AvgIpc) is 2.23. The van der Waals surface area contributed by atoms with E-state index in [0.29, 0.717) is 12.5 Å². The second-order valence-corrected chi connectivity index (χ2v) is 5.00. The van der Waals surface area contributed by atoms with E-state index in [1.807, 2.05) is 0 Å². The van der Waals surface area contributed by atoms with Crippen molar-refractivity contribution in [1.29, 1.82) is 0 Å². The van der Waals surface area contributed by atoms with E-state index in [0.717, 1.165) is 36.5 Å². The first-order chi connectivity index (χ1) is 7.29. The van der Waals surface area contributed by atoms with Gasteiger partial charge in [0, 0.05) is 5.92 Å². The van der Waals surface area contributed by atoms with E-state index in [1.165, 1.54) is 0 Å². The van der Waals surface area contributed by atoms with Crippen molar-refractivity contribution in [2.45, 2.75) is 24.9 Å². The highest BCUT2D eigenvalue weighted by atomic mass is 32.1. The van der Waals surface area contributed by atoms with Crippen LogP contribution in [-0.4, -0.2) is 29.5 Å². The molecule has 1 aliphatic heterocycles. The van der Waals surface area contributed by atoms with Gasteiger partial charge in [0.25, 0.3) is 0 Å². The van der Waals surface area contributed by atoms with Gasteiger partial charge >= 0.3 is 0 Å². The number of rotatable bonds is 6. The molecule has 1 rings (SSSR count). The molecule has 15 heavy (non-hydrogen) atoms. The van der Waals surface area contributed by atoms with Crippen LogP contribution in [0.4, 0.5) is 0 Å². The first-order valence-electron chi connectivity index (χ1n) is 5.09. The Bertz CT molecular complexity index is 166. The van der Waals surface area contributed by atoms with Gasteiger partial charge < -0.3 is 0 Å². The van der Waals surface area contributed by atoms with Crippen LogP contribution < -0.4 is 0 Å². The maximum Gasteiger partial charge on any atom is 0.113 e. The van der Waals surface area contributed by atoms with Gasteiger partial charge in [0.1, 0.15) is 5.60 Å². The topological polar surface area (TPSA) is 27.7 Å². The van der Waals surface area contributed by atoms with Gasteiger partial charge in [-0.05, 0) is 36.5 Å². The Morgan fingerprint density at radius 1 is 1.07 bits per heavy atom. The Kier molecular flexibility index (Phi) is 6.80. The van der Waals surface area contributed by atoms with Crippen LogP contribution in [0, 0.1) is 5.92 Å². The Balaban J connectivity index is 2.68. The summed E-state index contributed by atoms with van der Waals surface area (Å²) in [6.07, 6.45) is 2.64. The van der Waals surface area contributed by atoms with Crippen molar-refractivity contribution in [3.8, 4) is 0 Å². The molecular formula is C9H18O3S3. The summed E-state index contributed by atoms with van der Waals surface area (Å²) < 4.78 is 0. The van der Waals surface area contributed by atoms with Crippen molar-refractivity contribution in [1.82, 2.24) is 0 Å². The minimum atomic E-state index is -0.301. The molecule has 0 spiro atoms. The van der Waals surface area contributed by atoms with E-state index >= 15 is 0 Å². The van der Waals surface area contributed by atoms with Crippen LogP contribution in [0.5, 0.6) is 0 Å². The van der Waals surface area contributed by atoms with E-state index in [4.69, 9.17) is 9.78 Å². The third kappa shape index (κ3) is 3.71. The van der Waals surface area contributed by atoms with Gasteiger partial charge in [-0.25, -0.2) is 4.89 Å². The fraction of sp³-hybridized carbons (Fsp3) is 1.00. The van der Waals surface area contributed by atoms with Gasteiger partial charge in [0.05, 0.1) is 6.61 Å². The van der Waals surface area contributed by atoms with Gasteiger partial charge in [-0.1, -0.05) is 5.04 Å². The Morgan fingerprint density at radius 3 is 2.27 bits per heavy atom. The summed E-state index contributed by atoms with van der Waals surface area (Å²) in [4.78, 5) is 10.2. The molecule has 0 radical (unpaired) electrons. The molecule has 0 amide bonds. The fourth-order valence-corrected chi connectivity index (χ4v) is 2.99. The van der Waals surface area contributed by atoms with Gasteiger partial charge in [-0.3, -0.25) is 0 Å². The molecular weight excluding hydrogens is 252 g/mol. The van der Waals surface area contributed by atoms with Crippen molar-refractivity contribution in [3.63, 3.8) is 0 Å². The van der Waals surface area contributed by atoms with E-state index < -0.39 is 0 Å². The highest BCUT2D eigenvalue weighted by molar-refractivity contribution is 7.80. The predicted octanol–water partition coefficient (Wildman–Crippen LogP) is 2.19. The molecule has 0 saturated carbocycles. The van der Waals surface area contributed by atoms with E-state index in [-0.39, 0.29) is 5.60 Å². The first-order valence-corrected chi connectivity index (χ1v) is 6.98. The summed E-state index contributed by atoms with van der Waals surface area (Å²) in [5, 5.41) is 4.67. The highest BCUT2D eigenvalue weighted by Gasteiger charge is 2.43. The molecule has 90 valence electrons. The molecule has 0 bridgehead atoms. The van der Waals surface area contributed by atoms with Crippen molar-refractivity contribution in [2.75, 3.05) is 23.9 Å². The van der Waals surface area contributed by atoms with Crippen molar-refractivity contribution in [2.24, 2.45) is 5.92 Å². The number of thiol groups is 3. The van der Waals surface area contributed by atoms with Crippen LogP contribution >= 0.6 is 37.9 Å². The zero-order valence-corrected chi connectivity index (χ0v) is 11.3.